The van der Waals surface area contributed by atoms with Gasteiger partial charge in [0.15, 0.2) is 23.8 Å². The number of hydrogen-bond donors (Lipinski definition) is 1. The molecule has 352 valence electrons. The van der Waals surface area contributed by atoms with Crippen LogP contribution in [0, 0.1) is 35.5 Å². The number of amides is 1. The normalized spacial score (nSPS) is 35.6. The number of carbonyl (C=O) groups is 5. The monoisotopic (exact) mass is 901 g/mol. The van der Waals surface area contributed by atoms with Crippen molar-refractivity contribution < 1.29 is 57.2 Å². The van der Waals surface area contributed by atoms with E-state index < -0.39 is 89.3 Å². The van der Waals surface area contributed by atoms with Gasteiger partial charge in [-0.15, -0.1) is 0 Å². The largest absolute Gasteiger partial charge is 0.458 e. The van der Waals surface area contributed by atoms with Crippen molar-refractivity contribution in [2.24, 2.45) is 28.8 Å². The first kappa shape index (κ1) is 49.2. The van der Waals surface area contributed by atoms with Crippen molar-refractivity contribution in [1.82, 2.24) is 20.2 Å². The summed E-state index contributed by atoms with van der Waals surface area (Å²) in [6.45, 7) is 13.4. The molecule has 6 rings (SSSR count). The average molecular weight is 902 g/mol. The van der Waals surface area contributed by atoms with Crippen LogP contribution in [0.4, 0.5) is 4.79 Å². The van der Waals surface area contributed by atoms with Gasteiger partial charge in [-0.05, 0) is 73.2 Å². The van der Waals surface area contributed by atoms with Crippen LogP contribution in [0.2, 0.25) is 0 Å². The van der Waals surface area contributed by atoms with E-state index in [0.717, 1.165) is 0 Å². The standard InChI is InChI=1S/C48H63N5O12/c1-11-37-48(8)41(51-46(58)64-48)29(4)38(54)27(2)25-47(7,59-22-16-15-19-33-24-34(52-65-33)35-26-49-20-21-50-35)42(30(5)39(55)31(6)43(56)61-37)63-45-40(36(53(9)10)23-28(3)60-45)62-44(57)32-17-13-12-14-18-32/h12-14,17-18,20-21,26-31,33,36-37,40-42,45H,11,19,22-25H2,1-10H3,(H,51,58)/t27-,28-,29+,30+,31-,33+,36+,37-,40-,41-,42-,45+,47-,48-/m1/s1. The van der Waals surface area contributed by atoms with Crippen molar-refractivity contribution in [3.8, 4) is 11.8 Å². The Morgan fingerprint density at radius 2 is 1.72 bits per heavy atom. The Morgan fingerprint density at radius 1 is 0.985 bits per heavy atom. The van der Waals surface area contributed by atoms with Crippen LogP contribution < -0.4 is 5.32 Å². The maximum absolute atomic E-state index is 14.8. The predicted octanol–water partition coefficient (Wildman–Crippen LogP) is 5.09. The molecule has 17 nitrogen and oxygen atoms in total. The average Bonchev–Trinajstić information content (AvgIpc) is 3.90. The summed E-state index contributed by atoms with van der Waals surface area (Å²) in [5.74, 6) is 0.0184. The third kappa shape index (κ3) is 11.1. The van der Waals surface area contributed by atoms with Crippen LogP contribution in [0.5, 0.6) is 0 Å². The number of ether oxygens (including phenoxy) is 6. The highest BCUT2D eigenvalue weighted by atomic mass is 16.7. The first-order valence-electron chi connectivity index (χ1n) is 22.5. The van der Waals surface area contributed by atoms with Crippen molar-refractivity contribution in [1.29, 1.82) is 0 Å². The van der Waals surface area contributed by atoms with Gasteiger partial charge in [-0.25, -0.2) is 9.59 Å². The predicted molar refractivity (Wildman–Crippen MR) is 235 cm³/mol. The molecule has 1 aromatic heterocycles. The van der Waals surface area contributed by atoms with Gasteiger partial charge in [0.25, 0.3) is 0 Å². The number of esters is 2. The lowest BCUT2D eigenvalue weighted by Gasteiger charge is -2.48. The van der Waals surface area contributed by atoms with Crippen molar-refractivity contribution >= 4 is 35.3 Å². The number of rotatable bonds is 10. The maximum Gasteiger partial charge on any atom is 0.408 e. The van der Waals surface area contributed by atoms with Crippen molar-refractivity contribution in [3.63, 3.8) is 0 Å². The molecule has 0 spiro atoms. The molecule has 3 fully saturated rings. The molecule has 0 bridgehead atoms. The van der Waals surface area contributed by atoms with E-state index in [1.54, 1.807) is 90.5 Å². The molecule has 4 aliphatic rings. The highest BCUT2D eigenvalue weighted by Crippen LogP contribution is 2.41. The van der Waals surface area contributed by atoms with Gasteiger partial charge in [-0.3, -0.25) is 24.4 Å². The summed E-state index contributed by atoms with van der Waals surface area (Å²) in [6, 6.07) is 7.31. The summed E-state index contributed by atoms with van der Waals surface area (Å²) in [7, 11) is 3.74. The number of cyclic esters (lactones) is 1. The number of benzene rings is 1. The number of nitrogens with one attached hydrogen (secondary N) is 1. The molecule has 14 atom stereocenters. The Morgan fingerprint density at radius 3 is 2.40 bits per heavy atom. The number of aromatic nitrogens is 2. The summed E-state index contributed by atoms with van der Waals surface area (Å²) < 4.78 is 38.3. The zero-order valence-electron chi connectivity index (χ0n) is 39.0. The molecule has 2 aromatic rings. The fourth-order valence-corrected chi connectivity index (χ4v) is 9.58. The molecule has 0 aliphatic carbocycles. The Labute approximate surface area is 381 Å². The highest BCUT2D eigenvalue weighted by Gasteiger charge is 2.57. The van der Waals surface area contributed by atoms with Gasteiger partial charge in [0.1, 0.15) is 41.9 Å². The maximum atomic E-state index is 14.8. The van der Waals surface area contributed by atoms with Gasteiger partial charge >= 0.3 is 18.0 Å². The molecule has 1 N–H and O–H groups in total. The van der Waals surface area contributed by atoms with E-state index in [0.29, 0.717) is 36.2 Å². The van der Waals surface area contributed by atoms with E-state index in [9.17, 15) is 24.0 Å². The Kier molecular flexibility index (Phi) is 15.8. The molecule has 0 unspecified atom stereocenters. The fraction of sp³-hybridized carbons (Fsp3) is 0.625. The van der Waals surface area contributed by atoms with E-state index >= 15 is 0 Å². The van der Waals surface area contributed by atoms with E-state index in [-0.39, 0.29) is 43.5 Å². The van der Waals surface area contributed by atoms with Crippen molar-refractivity contribution in [2.45, 2.75) is 148 Å². The Hall–Kier alpha value is -5.28. The minimum atomic E-state index is -1.49. The van der Waals surface area contributed by atoms with Gasteiger partial charge in [0.2, 0.25) is 0 Å². The van der Waals surface area contributed by atoms with E-state index in [1.807, 2.05) is 25.9 Å². The number of nitrogens with zero attached hydrogens (tertiary/aromatic N) is 4. The molecule has 1 aromatic carbocycles. The zero-order chi connectivity index (χ0) is 47.2. The quantitative estimate of drug-likeness (QED) is 0.143. The van der Waals surface area contributed by atoms with Crippen LogP contribution in [0.1, 0.15) is 104 Å². The molecule has 3 saturated heterocycles. The van der Waals surface area contributed by atoms with Gasteiger partial charge in [0.05, 0.1) is 41.7 Å². The van der Waals surface area contributed by atoms with Crippen molar-refractivity contribution in [2.75, 3.05) is 20.7 Å². The lowest BCUT2D eigenvalue weighted by atomic mass is 9.73. The minimum absolute atomic E-state index is 0.00328. The number of alkyl carbamates (subject to hydrolysis) is 1. The van der Waals surface area contributed by atoms with Crippen molar-refractivity contribution in [3.05, 3.63) is 60.2 Å². The first-order chi connectivity index (χ1) is 30.9. The number of likely N-dealkylation sites (N-methyl/N-ethyl adjacent to an activating group) is 1. The second kappa shape index (κ2) is 20.9. The first-order valence-corrected chi connectivity index (χ1v) is 22.5. The van der Waals surface area contributed by atoms with Crippen LogP contribution in [0.25, 0.3) is 0 Å². The molecule has 5 heterocycles. The van der Waals surface area contributed by atoms with Crippen LogP contribution in [-0.2, 0) is 47.6 Å². The van der Waals surface area contributed by atoms with E-state index in [1.165, 1.54) is 6.92 Å². The second-order valence-electron chi connectivity index (χ2n) is 18.3. The number of ketones is 2. The molecule has 4 aliphatic heterocycles. The molecular formula is C48H63N5O12. The minimum Gasteiger partial charge on any atom is -0.458 e. The van der Waals surface area contributed by atoms with E-state index in [4.69, 9.17) is 33.3 Å². The van der Waals surface area contributed by atoms with Crippen LogP contribution >= 0.6 is 0 Å². The van der Waals surface area contributed by atoms with Gasteiger partial charge in [-0.2, -0.15) is 0 Å². The summed E-state index contributed by atoms with van der Waals surface area (Å²) in [6.07, 6.45) is 0.394. The molecule has 0 radical (unpaired) electrons. The topological polar surface area (TPSA) is 203 Å². The second-order valence-corrected chi connectivity index (χ2v) is 18.3. The zero-order valence-corrected chi connectivity index (χ0v) is 39.0. The summed E-state index contributed by atoms with van der Waals surface area (Å²) >= 11 is 0. The highest BCUT2D eigenvalue weighted by molar-refractivity contribution is 6.00. The summed E-state index contributed by atoms with van der Waals surface area (Å²) in [5.41, 5.74) is -1.31. The number of Topliss-reactive ketones (excluding diaryl/α,β-unsaturated/α-hetero) is 2. The third-order valence-electron chi connectivity index (χ3n) is 13.2. The Bertz CT molecular complexity index is 2130. The van der Waals surface area contributed by atoms with Crippen LogP contribution in [0.15, 0.2) is 54.1 Å². The fourth-order valence-electron chi connectivity index (χ4n) is 9.58. The van der Waals surface area contributed by atoms with Gasteiger partial charge in [0, 0.05) is 43.0 Å². The third-order valence-corrected chi connectivity index (χ3v) is 13.2. The molecule has 1 amide bonds. The van der Waals surface area contributed by atoms with Crippen LogP contribution in [0.3, 0.4) is 0 Å². The van der Waals surface area contributed by atoms with Gasteiger partial charge < -0.3 is 43.5 Å². The number of oxime groups is 1. The molecule has 65 heavy (non-hydrogen) atoms. The molecule has 17 heteroatoms. The molecule has 0 saturated carbocycles. The SMILES string of the molecule is CC[C@H]1OC(=O)[C@H](C)C(=O)[C@H](C)[C@@H](O[C@@H]2O[C@H](C)C[C@H](N(C)C)[C@H]2OC(=O)c2ccccc2)[C@](C)(OCC#CC[C@H]2CC(c3cnccn3)=NO2)C[C@@H](C)C(=O)[C@H](C)[C@H]2NC(=O)O[C@@]21C. The molecular weight excluding hydrogens is 839 g/mol. The lowest BCUT2D eigenvalue weighted by molar-refractivity contribution is -0.295. The smallest absolute Gasteiger partial charge is 0.408 e. The van der Waals surface area contributed by atoms with Crippen LogP contribution in [-0.4, -0.2) is 131 Å². The summed E-state index contributed by atoms with van der Waals surface area (Å²) in [4.78, 5) is 86.0. The summed E-state index contributed by atoms with van der Waals surface area (Å²) in [5, 5.41) is 6.97. The number of carbonyl (C=O) groups excluding carboxylic acids is 5. The number of hydrogen-bond acceptors (Lipinski definition) is 16. The number of fused-ring (bicyclic) bond motifs is 1. The lowest BCUT2D eigenvalue weighted by Crippen LogP contribution is -2.61. The van der Waals surface area contributed by atoms with Gasteiger partial charge in [-0.1, -0.05) is 62.9 Å². The van der Waals surface area contributed by atoms with E-state index in [2.05, 4.69) is 32.3 Å². The Balaban J connectivity index is 1.37.